The lowest BCUT2D eigenvalue weighted by molar-refractivity contribution is -0.113. The van der Waals surface area contributed by atoms with E-state index >= 15 is 0 Å². The van der Waals surface area contributed by atoms with Gasteiger partial charge in [-0.1, -0.05) is 30.3 Å². The normalized spacial score (nSPS) is 17.1. The van der Waals surface area contributed by atoms with E-state index in [0.717, 1.165) is 37.4 Å². The molecule has 0 saturated carbocycles. The fraction of sp³-hybridized carbons (Fsp3) is 0.381. The van der Waals surface area contributed by atoms with E-state index in [1.807, 2.05) is 30.3 Å². The second-order valence-electron chi connectivity index (χ2n) is 6.52. The quantitative estimate of drug-likeness (QED) is 0.794. The van der Waals surface area contributed by atoms with Crippen LogP contribution in [0.25, 0.3) is 0 Å². The number of hydrogen-bond donors (Lipinski definition) is 1. The molecule has 1 saturated heterocycles. The van der Waals surface area contributed by atoms with Crippen molar-refractivity contribution in [3.05, 3.63) is 60.2 Å². The Morgan fingerprint density at radius 1 is 1.19 bits per heavy atom. The van der Waals surface area contributed by atoms with Crippen LogP contribution in [0.1, 0.15) is 18.4 Å². The summed E-state index contributed by atoms with van der Waals surface area (Å²) in [5.41, 5.74) is 3.27. The van der Waals surface area contributed by atoms with Crippen molar-refractivity contribution in [2.75, 3.05) is 36.2 Å². The first-order valence-corrected chi connectivity index (χ1v) is 10.2. The van der Waals surface area contributed by atoms with Crippen LogP contribution in [0.5, 0.6) is 0 Å². The molecule has 0 radical (unpaired) electrons. The zero-order valence-electron chi connectivity index (χ0n) is 15.2. The van der Waals surface area contributed by atoms with E-state index in [1.165, 1.54) is 11.3 Å². The number of amides is 1. The maximum atomic E-state index is 12.1. The molecule has 5 heteroatoms. The van der Waals surface area contributed by atoms with Gasteiger partial charge in [-0.25, -0.2) is 0 Å². The number of anilines is 2. The summed E-state index contributed by atoms with van der Waals surface area (Å²) in [7, 11) is 1.78. The van der Waals surface area contributed by atoms with Crippen LogP contribution in [-0.4, -0.2) is 38.0 Å². The fourth-order valence-corrected chi connectivity index (χ4v) is 3.94. The molecule has 1 heterocycles. The fourth-order valence-electron chi connectivity index (χ4n) is 3.15. The van der Waals surface area contributed by atoms with Crippen LogP contribution in [0, 0.1) is 0 Å². The molecule has 1 N–H and O–H groups in total. The maximum absolute atomic E-state index is 12.1. The van der Waals surface area contributed by atoms with Gasteiger partial charge in [0.2, 0.25) is 5.91 Å². The monoisotopic (exact) mass is 370 g/mol. The smallest absolute Gasteiger partial charge is 0.234 e. The van der Waals surface area contributed by atoms with Gasteiger partial charge in [0, 0.05) is 37.3 Å². The summed E-state index contributed by atoms with van der Waals surface area (Å²) in [4.78, 5) is 14.5. The van der Waals surface area contributed by atoms with Gasteiger partial charge in [0.25, 0.3) is 0 Å². The highest BCUT2D eigenvalue weighted by molar-refractivity contribution is 7.99. The number of ether oxygens (including phenoxy) is 1. The summed E-state index contributed by atoms with van der Waals surface area (Å²) in [6.45, 7) is 1.99. The molecule has 2 aromatic rings. The molecule has 0 spiro atoms. The van der Waals surface area contributed by atoms with E-state index in [0.29, 0.717) is 11.9 Å². The molecule has 1 amide bonds. The average Bonchev–Trinajstić information content (AvgIpc) is 2.69. The molecule has 0 bridgehead atoms. The van der Waals surface area contributed by atoms with E-state index in [9.17, 15) is 4.79 Å². The SMILES string of the molecule is CO[C@H]1CCCN(c2ccc(NC(=O)CSCc3ccccc3)cc2)C1. The summed E-state index contributed by atoms with van der Waals surface area (Å²) < 4.78 is 5.49. The number of nitrogens with one attached hydrogen (secondary N) is 1. The largest absolute Gasteiger partial charge is 0.380 e. The highest BCUT2D eigenvalue weighted by Crippen LogP contribution is 2.23. The third kappa shape index (κ3) is 5.51. The van der Waals surface area contributed by atoms with E-state index in [1.54, 1.807) is 18.9 Å². The Bertz CT molecular complexity index is 691. The van der Waals surface area contributed by atoms with Gasteiger partial charge in [0.05, 0.1) is 11.9 Å². The first-order chi connectivity index (χ1) is 12.7. The van der Waals surface area contributed by atoms with Crippen molar-refractivity contribution in [1.29, 1.82) is 0 Å². The number of hydrogen-bond acceptors (Lipinski definition) is 4. The van der Waals surface area contributed by atoms with Crippen LogP contribution in [-0.2, 0) is 15.3 Å². The second kappa shape index (κ2) is 9.64. The van der Waals surface area contributed by atoms with E-state index < -0.39 is 0 Å². The third-order valence-corrected chi connectivity index (χ3v) is 5.58. The zero-order valence-corrected chi connectivity index (χ0v) is 16.0. The number of carbonyl (C=O) groups excluding carboxylic acids is 1. The molecule has 1 aliphatic rings. The van der Waals surface area contributed by atoms with E-state index in [4.69, 9.17) is 4.74 Å². The lowest BCUT2D eigenvalue weighted by atomic mass is 10.1. The summed E-state index contributed by atoms with van der Waals surface area (Å²) in [5.74, 6) is 1.34. The van der Waals surface area contributed by atoms with Crippen molar-refractivity contribution < 1.29 is 9.53 Å². The average molecular weight is 371 g/mol. The Hall–Kier alpha value is -1.98. The number of nitrogens with zero attached hydrogens (tertiary/aromatic N) is 1. The standard InChI is InChI=1S/C21H26N2O2S/c1-25-20-8-5-13-23(14-20)19-11-9-18(10-12-19)22-21(24)16-26-15-17-6-3-2-4-7-17/h2-4,6-7,9-12,20H,5,8,13-16H2,1H3,(H,22,24)/t20-/m0/s1. The summed E-state index contributed by atoms with van der Waals surface area (Å²) in [5, 5.41) is 2.98. The molecule has 4 nitrogen and oxygen atoms in total. The molecule has 1 fully saturated rings. The van der Waals surface area contributed by atoms with Gasteiger partial charge in [-0.2, -0.15) is 0 Å². The van der Waals surface area contributed by atoms with Gasteiger partial charge in [0.1, 0.15) is 0 Å². The van der Waals surface area contributed by atoms with Gasteiger partial charge in [0.15, 0.2) is 0 Å². The molecule has 2 aromatic carbocycles. The van der Waals surface area contributed by atoms with Crippen molar-refractivity contribution in [3.63, 3.8) is 0 Å². The Kier molecular flexibility index (Phi) is 6.97. The van der Waals surface area contributed by atoms with Crippen LogP contribution in [0.3, 0.4) is 0 Å². The molecule has 0 aromatic heterocycles. The van der Waals surface area contributed by atoms with Gasteiger partial charge in [-0.3, -0.25) is 4.79 Å². The molecule has 1 aliphatic heterocycles. The molecule has 3 rings (SSSR count). The van der Waals surface area contributed by atoms with Gasteiger partial charge < -0.3 is 15.0 Å². The molecule has 1 atom stereocenters. The minimum atomic E-state index is 0.0381. The predicted molar refractivity (Wildman–Crippen MR) is 110 cm³/mol. The highest BCUT2D eigenvalue weighted by Gasteiger charge is 2.19. The van der Waals surface area contributed by atoms with Gasteiger partial charge in [-0.05, 0) is 42.7 Å². The van der Waals surface area contributed by atoms with Crippen LogP contribution < -0.4 is 10.2 Å². The molecule has 0 aliphatic carbocycles. The van der Waals surface area contributed by atoms with Crippen LogP contribution in [0.4, 0.5) is 11.4 Å². The Morgan fingerprint density at radius 2 is 1.96 bits per heavy atom. The summed E-state index contributed by atoms with van der Waals surface area (Å²) in [6.07, 6.45) is 2.59. The van der Waals surface area contributed by atoms with Crippen molar-refractivity contribution in [2.24, 2.45) is 0 Å². The summed E-state index contributed by atoms with van der Waals surface area (Å²) >= 11 is 1.63. The number of benzene rings is 2. The number of rotatable bonds is 7. The minimum absolute atomic E-state index is 0.0381. The first-order valence-electron chi connectivity index (χ1n) is 9.04. The van der Waals surface area contributed by atoms with Gasteiger partial charge >= 0.3 is 0 Å². The number of piperidine rings is 1. The predicted octanol–water partition coefficient (Wildman–Crippen LogP) is 4.17. The van der Waals surface area contributed by atoms with Gasteiger partial charge in [-0.15, -0.1) is 11.8 Å². The van der Waals surface area contributed by atoms with E-state index in [2.05, 4.69) is 34.5 Å². The van der Waals surface area contributed by atoms with Crippen molar-refractivity contribution in [2.45, 2.75) is 24.7 Å². The molecular weight excluding hydrogens is 344 g/mol. The van der Waals surface area contributed by atoms with Crippen LogP contribution in [0.2, 0.25) is 0 Å². The topological polar surface area (TPSA) is 41.6 Å². The lowest BCUT2D eigenvalue weighted by Crippen LogP contribution is -2.39. The molecular formula is C21H26N2O2S. The molecule has 26 heavy (non-hydrogen) atoms. The van der Waals surface area contributed by atoms with Crippen molar-refractivity contribution in [1.82, 2.24) is 0 Å². The summed E-state index contributed by atoms with van der Waals surface area (Å²) in [6, 6.07) is 18.3. The second-order valence-corrected chi connectivity index (χ2v) is 7.51. The highest BCUT2D eigenvalue weighted by atomic mass is 32.2. The number of methoxy groups -OCH3 is 1. The minimum Gasteiger partial charge on any atom is -0.380 e. The molecule has 0 unspecified atom stereocenters. The zero-order chi connectivity index (χ0) is 18.2. The van der Waals surface area contributed by atoms with E-state index in [-0.39, 0.29) is 5.91 Å². The lowest BCUT2D eigenvalue weighted by Gasteiger charge is -2.33. The van der Waals surface area contributed by atoms with Crippen molar-refractivity contribution in [3.8, 4) is 0 Å². The number of thioether (sulfide) groups is 1. The maximum Gasteiger partial charge on any atom is 0.234 e. The Balaban J connectivity index is 1.45. The van der Waals surface area contributed by atoms with Crippen LogP contribution >= 0.6 is 11.8 Å². The van der Waals surface area contributed by atoms with Crippen LogP contribution in [0.15, 0.2) is 54.6 Å². The van der Waals surface area contributed by atoms with Crippen molar-refractivity contribution >= 4 is 29.0 Å². The third-order valence-electron chi connectivity index (χ3n) is 4.57. The number of carbonyl (C=O) groups is 1. The Morgan fingerprint density at radius 3 is 2.69 bits per heavy atom. The first kappa shape index (κ1) is 18.8. The molecule has 138 valence electrons. The Labute approximate surface area is 159 Å².